The molecular formula is C16H17F2NO2. The molecule has 5 heteroatoms. The minimum atomic E-state index is -0.893. The largest absolute Gasteiger partial charge is 0.493 e. The van der Waals surface area contributed by atoms with E-state index in [2.05, 4.69) is 0 Å². The van der Waals surface area contributed by atoms with Crippen molar-refractivity contribution < 1.29 is 18.3 Å². The summed E-state index contributed by atoms with van der Waals surface area (Å²) >= 11 is 0. The molecular weight excluding hydrogens is 276 g/mol. The Morgan fingerprint density at radius 2 is 1.81 bits per heavy atom. The van der Waals surface area contributed by atoms with Crippen molar-refractivity contribution in [1.29, 1.82) is 0 Å². The lowest BCUT2D eigenvalue weighted by Crippen LogP contribution is -2.06. The monoisotopic (exact) mass is 293 g/mol. The van der Waals surface area contributed by atoms with Crippen molar-refractivity contribution in [2.45, 2.75) is 19.6 Å². The van der Waals surface area contributed by atoms with Gasteiger partial charge in [0, 0.05) is 6.04 Å². The van der Waals surface area contributed by atoms with Crippen LogP contribution in [0.4, 0.5) is 8.78 Å². The van der Waals surface area contributed by atoms with Crippen molar-refractivity contribution in [1.82, 2.24) is 0 Å². The van der Waals surface area contributed by atoms with Crippen LogP contribution < -0.4 is 15.2 Å². The fourth-order valence-electron chi connectivity index (χ4n) is 1.88. The molecule has 0 unspecified atom stereocenters. The number of hydrogen-bond donors (Lipinski definition) is 1. The Hall–Kier alpha value is -2.14. The Balaban J connectivity index is 2.13. The maximum atomic E-state index is 13.1. The van der Waals surface area contributed by atoms with E-state index in [4.69, 9.17) is 15.2 Å². The third-order valence-corrected chi connectivity index (χ3v) is 3.09. The predicted octanol–water partition coefficient (Wildman–Crippen LogP) is 3.57. The van der Waals surface area contributed by atoms with E-state index in [1.54, 1.807) is 12.1 Å². The molecule has 0 aromatic heterocycles. The molecule has 3 nitrogen and oxygen atoms in total. The van der Waals surface area contributed by atoms with E-state index in [0.29, 0.717) is 17.1 Å². The molecule has 0 amide bonds. The zero-order chi connectivity index (χ0) is 15.4. The van der Waals surface area contributed by atoms with Gasteiger partial charge in [-0.3, -0.25) is 0 Å². The van der Waals surface area contributed by atoms with Crippen LogP contribution in [0.25, 0.3) is 0 Å². The summed E-state index contributed by atoms with van der Waals surface area (Å²) in [6.07, 6.45) is 0. The smallest absolute Gasteiger partial charge is 0.161 e. The van der Waals surface area contributed by atoms with E-state index in [0.717, 1.165) is 17.7 Å². The van der Waals surface area contributed by atoms with Crippen LogP contribution in [0.2, 0.25) is 0 Å². The molecule has 0 radical (unpaired) electrons. The van der Waals surface area contributed by atoms with Crippen molar-refractivity contribution in [3.05, 3.63) is 59.2 Å². The number of halogens is 2. The molecule has 0 spiro atoms. The van der Waals surface area contributed by atoms with Crippen LogP contribution >= 0.6 is 0 Å². The van der Waals surface area contributed by atoms with Gasteiger partial charge >= 0.3 is 0 Å². The zero-order valence-corrected chi connectivity index (χ0v) is 11.9. The average Bonchev–Trinajstić information content (AvgIpc) is 2.48. The van der Waals surface area contributed by atoms with E-state index in [1.807, 2.05) is 13.0 Å². The highest BCUT2D eigenvalue weighted by Gasteiger charge is 2.09. The van der Waals surface area contributed by atoms with Crippen molar-refractivity contribution in [3.63, 3.8) is 0 Å². The Bertz CT molecular complexity index is 630. The second-order valence-electron chi connectivity index (χ2n) is 4.74. The summed E-state index contributed by atoms with van der Waals surface area (Å²) in [6, 6.07) is 8.93. The first-order chi connectivity index (χ1) is 10.0. The number of methoxy groups -OCH3 is 1. The Labute approximate surface area is 122 Å². The van der Waals surface area contributed by atoms with E-state index < -0.39 is 11.6 Å². The van der Waals surface area contributed by atoms with Crippen LogP contribution in [0.1, 0.15) is 24.1 Å². The van der Waals surface area contributed by atoms with Crippen LogP contribution in [-0.2, 0) is 6.61 Å². The highest BCUT2D eigenvalue weighted by Crippen LogP contribution is 2.30. The van der Waals surface area contributed by atoms with Crippen LogP contribution in [-0.4, -0.2) is 7.11 Å². The Morgan fingerprint density at radius 1 is 1.05 bits per heavy atom. The van der Waals surface area contributed by atoms with Gasteiger partial charge in [0.1, 0.15) is 6.61 Å². The number of benzene rings is 2. The van der Waals surface area contributed by atoms with E-state index in [1.165, 1.54) is 13.2 Å². The normalized spacial score (nSPS) is 12.0. The van der Waals surface area contributed by atoms with Gasteiger partial charge in [0.2, 0.25) is 0 Å². The van der Waals surface area contributed by atoms with Crippen LogP contribution in [0, 0.1) is 11.6 Å². The Morgan fingerprint density at radius 3 is 2.43 bits per heavy atom. The summed E-state index contributed by atoms with van der Waals surface area (Å²) in [5, 5.41) is 0. The van der Waals surface area contributed by atoms with Crippen LogP contribution in [0.15, 0.2) is 36.4 Å². The molecule has 21 heavy (non-hydrogen) atoms. The van der Waals surface area contributed by atoms with E-state index in [9.17, 15) is 8.78 Å². The number of hydrogen-bond acceptors (Lipinski definition) is 3. The number of ether oxygens (including phenoxy) is 2. The van der Waals surface area contributed by atoms with Gasteiger partial charge in [-0.25, -0.2) is 8.78 Å². The van der Waals surface area contributed by atoms with E-state index >= 15 is 0 Å². The second-order valence-corrected chi connectivity index (χ2v) is 4.74. The molecule has 112 valence electrons. The van der Waals surface area contributed by atoms with Gasteiger partial charge in [0.05, 0.1) is 7.11 Å². The molecule has 2 aromatic rings. The molecule has 0 saturated heterocycles. The molecule has 0 aliphatic heterocycles. The van der Waals surface area contributed by atoms with Crippen molar-refractivity contribution in [2.75, 3.05) is 7.11 Å². The fourth-order valence-corrected chi connectivity index (χ4v) is 1.88. The summed E-state index contributed by atoms with van der Waals surface area (Å²) in [5.74, 6) is -0.702. The molecule has 0 aliphatic rings. The fraction of sp³-hybridized carbons (Fsp3) is 0.250. The molecule has 2 aromatic carbocycles. The highest BCUT2D eigenvalue weighted by atomic mass is 19.2. The third-order valence-electron chi connectivity index (χ3n) is 3.09. The van der Waals surface area contributed by atoms with Crippen molar-refractivity contribution >= 4 is 0 Å². The lowest BCUT2D eigenvalue weighted by molar-refractivity contribution is 0.283. The molecule has 2 rings (SSSR count). The molecule has 0 fully saturated rings. The molecule has 0 saturated carbocycles. The van der Waals surface area contributed by atoms with E-state index in [-0.39, 0.29) is 12.6 Å². The predicted molar refractivity (Wildman–Crippen MR) is 76.3 cm³/mol. The third kappa shape index (κ3) is 3.70. The van der Waals surface area contributed by atoms with Crippen molar-refractivity contribution in [2.24, 2.45) is 5.73 Å². The summed E-state index contributed by atoms with van der Waals surface area (Å²) in [6.45, 7) is 1.99. The number of rotatable bonds is 5. The second kappa shape index (κ2) is 6.54. The summed E-state index contributed by atoms with van der Waals surface area (Å²) in [5.41, 5.74) is 7.27. The highest BCUT2D eigenvalue weighted by molar-refractivity contribution is 5.43. The van der Waals surface area contributed by atoms with Gasteiger partial charge in [-0.15, -0.1) is 0 Å². The first kappa shape index (κ1) is 15.3. The van der Waals surface area contributed by atoms with Gasteiger partial charge in [-0.2, -0.15) is 0 Å². The zero-order valence-electron chi connectivity index (χ0n) is 11.9. The average molecular weight is 293 g/mol. The van der Waals surface area contributed by atoms with Gasteiger partial charge in [-0.05, 0) is 42.3 Å². The minimum absolute atomic E-state index is 0.112. The first-order valence-corrected chi connectivity index (χ1v) is 6.51. The maximum absolute atomic E-state index is 13.1. The van der Waals surface area contributed by atoms with Crippen LogP contribution in [0.5, 0.6) is 11.5 Å². The summed E-state index contributed by atoms with van der Waals surface area (Å²) in [7, 11) is 1.53. The van der Waals surface area contributed by atoms with Gasteiger partial charge in [0.25, 0.3) is 0 Å². The molecule has 0 aliphatic carbocycles. The minimum Gasteiger partial charge on any atom is -0.493 e. The summed E-state index contributed by atoms with van der Waals surface area (Å²) in [4.78, 5) is 0. The topological polar surface area (TPSA) is 44.5 Å². The van der Waals surface area contributed by atoms with Gasteiger partial charge in [0.15, 0.2) is 23.1 Å². The first-order valence-electron chi connectivity index (χ1n) is 6.51. The number of nitrogens with two attached hydrogens (primary N) is 1. The molecule has 0 bridgehead atoms. The Kier molecular flexibility index (Phi) is 4.75. The van der Waals surface area contributed by atoms with Crippen molar-refractivity contribution in [3.8, 4) is 11.5 Å². The standard InChI is InChI=1S/C16H17F2NO2/c1-10(19)12-4-6-15(16(8-12)20-2)21-9-11-3-5-13(17)14(18)7-11/h3-8,10H,9,19H2,1-2H3/t10-/m0/s1. The molecule has 1 atom stereocenters. The van der Waals surface area contributed by atoms with Gasteiger partial charge < -0.3 is 15.2 Å². The quantitative estimate of drug-likeness (QED) is 0.916. The molecule has 0 heterocycles. The lowest BCUT2D eigenvalue weighted by atomic mass is 10.1. The lowest BCUT2D eigenvalue weighted by Gasteiger charge is -2.13. The summed E-state index contributed by atoms with van der Waals surface area (Å²) < 4.78 is 36.8. The molecule has 2 N–H and O–H groups in total. The van der Waals surface area contributed by atoms with Gasteiger partial charge in [-0.1, -0.05) is 12.1 Å². The van der Waals surface area contributed by atoms with Crippen LogP contribution in [0.3, 0.4) is 0 Å². The SMILES string of the molecule is COc1cc([C@H](C)N)ccc1OCc1ccc(F)c(F)c1. The maximum Gasteiger partial charge on any atom is 0.161 e.